The van der Waals surface area contributed by atoms with Gasteiger partial charge in [0.2, 0.25) is 5.91 Å². The number of hydrogen-bond donors (Lipinski definition) is 2. The quantitative estimate of drug-likeness (QED) is 0.776. The number of amides is 1. The highest BCUT2D eigenvalue weighted by atomic mass is 16.4. The normalized spacial score (nSPS) is 21.8. The Morgan fingerprint density at radius 1 is 1.29 bits per heavy atom. The van der Waals surface area contributed by atoms with Crippen LogP contribution in [0.1, 0.15) is 59.3 Å². The Morgan fingerprint density at radius 2 is 1.82 bits per heavy atom. The molecule has 0 aliphatic heterocycles. The van der Waals surface area contributed by atoms with Crippen LogP contribution in [-0.4, -0.2) is 22.5 Å². The van der Waals surface area contributed by atoms with Crippen LogP contribution < -0.4 is 5.32 Å². The van der Waals surface area contributed by atoms with Crippen molar-refractivity contribution in [3.63, 3.8) is 0 Å². The van der Waals surface area contributed by atoms with E-state index in [1.54, 1.807) is 13.8 Å². The van der Waals surface area contributed by atoms with Crippen LogP contribution in [0.5, 0.6) is 0 Å². The first-order valence-electron chi connectivity index (χ1n) is 6.46. The molecule has 0 saturated heterocycles. The highest BCUT2D eigenvalue weighted by Gasteiger charge is 2.43. The molecular formula is C13H23NO3. The van der Waals surface area contributed by atoms with E-state index in [0.29, 0.717) is 6.42 Å². The molecule has 1 atom stereocenters. The predicted molar refractivity (Wildman–Crippen MR) is 65.7 cm³/mol. The smallest absolute Gasteiger partial charge is 0.329 e. The van der Waals surface area contributed by atoms with Crippen LogP contribution in [0.2, 0.25) is 0 Å². The first-order valence-corrected chi connectivity index (χ1v) is 6.46. The van der Waals surface area contributed by atoms with Crippen LogP contribution in [0.4, 0.5) is 0 Å². The van der Waals surface area contributed by atoms with Crippen molar-refractivity contribution in [1.29, 1.82) is 0 Å². The number of carboxylic acid groups (broad SMARTS) is 1. The van der Waals surface area contributed by atoms with Crippen molar-refractivity contribution in [3.05, 3.63) is 0 Å². The number of carbonyl (C=O) groups is 2. The third-order valence-corrected chi connectivity index (χ3v) is 4.29. The van der Waals surface area contributed by atoms with Crippen molar-refractivity contribution in [1.82, 2.24) is 5.32 Å². The first kappa shape index (κ1) is 14.0. The summed E-state index contributed by atoms with van der Waals surface area (Å²) >= 11 is 0. The zero-order valence-electron chi connectivity index (χ0n) is 11.0. The Kier molecular flexibility index (Phi) is 4.17. The molecule has 0 bridgehead atoms. The van der Waals surface area contributed by atoms with Gasteiger partial charge in [0.1, 0.15) is 5.54 Å². The van der Waals surface area contributed by atoms with Crippen LogP contribution in [0.25, 0.3) is 0 Å². The van der Waals surface area contributed by atoms with Crippen molar-refractivity contribution < 1.29 is 14.7 Å². The maximum absolute atomic E-state index is 12.3. The molecule has 0 heterocycles. The summed E-state index contributed by atoms with van der Waals surface area (Å²) in [5.74, 6) is -1.04. The highest BCUT2D eigenvalue weighted by Crippen LogP contribution is 2.41. The molecule has 1 rings (SSSR count). The van der Waals surface area contributed by atoms with Gasteiger partial charge >= 0.3 is 5.97 Å². The summed E-state index contributed by atoms with van der Waals surface area (Å²) in [6.07, 6.45) is 5.09. The van der Waals surface area contributed by atoms with Gasteiger partial charge < -0.3 is 10.4 Å². The minimum atomic E-state index is -1.14. The maximum atomic E-state index is 12.3. The molecule has 4 nitrogen and oxygen atoms in total. The van der Waals surface area contributed by atoms with Gasteiger partial charge in [-0.1, -0.05) is 26.7 Å². The minimum absolute atomic E-state index is 0.0794. The van der Waals surface area contributed by atoms with Gasteiger partial charge in [0.25, 0.3) is 0 Å². The molecule has 0 aromatic carbocycles. The summed E-state index contributed by atoms with van der Waals surface area (Å²) in [5.41, 5.74) is -1.46. The fourth-order valence-corrected chi connectivity index (χ4v) is 2.47. The Balaban J connectivity index is 2.80. The van der Waals surface area contributed by atoms with Crippen molar-refractivity contribution in [3.8, 4) is 0 Å². The lowest BCUT2D eigenvalue weighted by atomic mass is 9.81. The van der Waals surface area contributed by atoms with E-state index >= 15 is 0 Å². The molecule has 0 radical (unpaired) electrons. The molecule has 1 aliphatic rings. The summed E-state index contributed by atoms with van der Waals surface area (Å²) in [4.78, 5) is 23.5. The summed E-state index contributed by atoms with van der Waals surface area (Å²) in [6.45, 7) is 5.36. The zero-order valence-corrected chi connectivity index (χ0v) is 11.0. The number of carbonyl (C=O) groups excluding carboxylic acids is 1. The predicted octanol–water partition coefficient (Wildman–Crippen LogP) is 2.33. The molecule has 17 heavy (non-hydrogen) atoms. The summed E-state index contributed by atoms with van der Waals surface area (Å²) in [5, 5.41) is 11.9. The van der Waals surface area contributed by atoms with Gasteiger partial charge in [-0.15, -0.1) is 0 Å². The third-order valence-electron chi connectivity index (χ3n) is 4.29. The van der Waals surface area contributed by atoms with Gasteiger partial charge in [-0.05, 0) is 32.6 Å². The van der Waals surface area contributed by atoms with Gasteiger partial charge in [-0.2, -0.15) is 0 Å². The Hall–Kier alpha value is -1.06. The summed E-state index contributed by atoms with van der Waals surface area (Å²) < 4.78 is 0. The van der Waals surface area contributed by atoms with E-state index in [1.807, 2.05) is 6.92 Å². The number of carboxylic acids is 1. The summed E-state index contributed by atoms with van der Waals surface area (Å²) in [6, 6.07) is 0. The molecule has 4 heteroatoms. The molecule has 1 saturated carbocycles. The lowest BCUT2D eigenvalue weighted by Crippen LogP contribution is -2.55. The molecule has 1 fully saturated rings. The lowest BCUT2D eigenvalue weighted by Gasteiger charge is -2.32. The fourth-order valence-electron chi connectivity index (χ4n) is 2.47. The van der Waals surface area contributed by atoms with Gasteiger partial charge in [-0.25, -0.2) is 4.79 Å². The average Bonchev–Trinajstić information content (AvgIpc) is 2.78. The van der Waals surface area contributed by atoms with E-state index in [1.165, 1.54) is 0 Å². The minimum Gasteiger partial charge on any atom is -0.480 e. The van der Waals surface area contributed by atoms with Gasteiger partial charge in [-0.3, -0.25) is 4.79 Å². The van der Waals surface area contributed by atoms with Crippen LogP contribution >= 0.6 is 0 Å². The van der Waals surface area contributed by atoms with Crippen molar-refractivity contribution in [2.45, 2.75) is 64.8 Å². The van der Waals surface area contributed by atoms with Gasteiger partial charge in [0, 0.05) is 5.41 Å². The Bertz CT molecular complexity index is 308. The summed E-state index contributed by atoms with van der Waals surface area (Å²) in [7, 11) is 0. The molecule has 1 amide bonds. The Morgan fingerprint density at radius 3 is 2.18 bits per heavy atom. The van der Waals surface area contributed by atoms with Crippen LogP contribution in [0.15, 0.2) is 0 Å². The third kappa shape index (κ3) is 2.61. The molecule has 1 aliphatic carbocycles. The highest BCUT2D eigenvalue weighted by molar-refractivity contribution is 5.89. The number of rotatable bonds is 5. The second-order valence-corrected chi connectivity index (χ2v) is 5.29. The molecular weight excluding hydrogens is 218 g/mol. The van der Waals surface area contributed by atoms with E-state index < -0.39 is 11.5 Å². The average molecular weight is 241 g/mol. The zero-order chi connectivity index (χ0) is 13.1. The van der Waals surface area contributed by atoms with E-state index in [-0.39, 0.29) is 11.3 Å². The Labute approximate surface area is 103 Å². The first-order chi connectivity index (χ1) is 7.90. The lowest BCUT2D eigenvalue weighted by molar-refractivity contribution is -0.149. The van der Waals surface area contributed by atoms with Crippen LogP contribution in [0, 0.1) is 5.41 Å². The molecule has 2 N–H and O–H groups in total. The SMILES string of the molecule is CCC1(C(=O)NC(C)(CC)C(=O)O)CCCC1. The van der Waals surface area contributed by atoms with Crippen molar-refractivity contribution in [2.24, 2.45) is 5.41 Å². The van der Waals surface area contributed by atoms with E-state index in [9.17, 15) is 9.59 Å². The molecule has 0 aromatic rings. The number of aliphatic carboxylic acids is 1. The molecule has 0 aromatic heterocycles. The van der Waals surface area contributed by atoms with E-state index in [2.05, 4.69) is 5.32 Å². The van der Waals surface area contributed by atoms with Gasteiger partial charge in [0.05, 0.1) is 0 Å². The number of nitrogens with one attached hydrogen (secondary N) is 1. The fraction of sp³-hybridized carbons (Fsp3) is 0.846. The molecule has 0 spiro atoms. The molecule has 98 valence electrons. The van der Waals surface area contributed by atoms with Crippen molar-refractivity contribution >= 4 is 11.9 Å². The monoisotopic (exact) mass is 241 g/mol. The van der Waals surface area contributed by atoms with E-state index in [4.69, 9.17) is 5.11 Å². The topological polar surface area (TPSA) is 66.4 Å². The van der Waals surface area contributed by atoms with Crippen molar-refractivity contribution in [2.75, 3.05) is 0 Å². The van der Waals surface area contributed by atoms with Crippen LogP contribution in [0.3, 0.4) is 0 Å². The maximum Gasteiger partial charge on any atom is 0.329 e. The number of hydrogen-bond acceptors (Lipinski definition) is 2. The van der Waals surface area contributed by atoms with E-state index in [0.717, 1.165) is 32.1 Å². The second-order valence-electron chi connectivity index (χ2n) is 5.29. The second kappa shape index (κ2) is 5.07. The molecule has 1 unspecified atom stereocenters. The van der Waals surface area contributed by atoms with Gasteiger partial charge in [0.15, 0.2) is 0 Å². The standard InChI is InChI=1S/C13H23NO3/c1-4-12(3,11(16)17)14-10(15)13(5-2)8-6-7-9-13/h4-9H2,1-3H3,(H,14,15)(H,16,17). The largest absolute Gasteiger partial charge is 0.480 e. The van der Waals surface area contributed by atoms with Crippen LogP contribution in [-0.2, 0) is 9.59 Å².